The van der Waals surface area contributed by atoms with Crippen LogP contribution >= 0.6 is 0 Å². The third kappa shape index (κ3) is 1.49. The molecule has 1 atom stereocenters. The second-order valence-electron chi connectivity index (χ2n) is 2.69. The molecule has 0 unspecified atom stereocenters. The van der Waals surface area contributed by atoms with Crippen molar-refractivity contribution in [3.63, 3.8) is 0 Å². The Morgan fingerprint density at radius 1 is 1.83 bits per heavy atom. The van der Waals surface area contributed by atoms with Gasteiger partial charge in [0.05, 0.1) is 0 Å². The molecule has 5 heteroatoms. The van der Waals surface area contributed by atoms with Crippen molar-refractivity contribution in [1.29, 1.82) is 0 Å². The minimum Gasteiger partial charge on any atom is -0.447 e. The number of carbonyl (C=O) groups excluding carboxylic acids is 2. The Hall–Kier alpha value is -1.26. The predicted molar refractivity (Wildman–Crippen MR) is 41.3 cm³/mol. The molecular weight excluding hydrogens is 160 g/mol. The summed E-state index contributed by atoms with van der Waals surface area (Å²) in [5, 5.41) is 0. The summed E-state index contributed by atoms with van der Waals surface area (Å²) in [6.45, 7) is 2.53. The Labute approximate surface area is 70.5 Å². The Bertz CT molecular complexity index is 205. The van der Waals surface area contributed by atoms with Crippen LogP contribution in [0, 0.1) is 0 Å². The molecular formula is C7H12N2O3. The van der Waals surface area contributed by atoms with Crippen molar-refractivity contribution >= 4 is 12.0 Å². The minimum atomic E-state index is -0.572. The first-order valence-corrected chi connectivity index (χ1v) is 3.89. The lowest BCUT2D eigenvalue weighted by molar-refractivity contribution is -0.121. The van der Waals surface area contributed by atoms with Crippen LogP contribution in [0.2, 0.25) is 0 Å². The number of primary amides is 1. The number of nitrogens with zero attached hydrogens (tertiary/aromatic N) is 1. The minimum absolute atomic E-state index is 0.0914. The predicted octanol–water partition coefficient (Wildman–Crippen LogP) is -0.298. The normalized spacial score (nSPS) is 22.6. The van der Waals surface area contributed by atoms with Gasteiger partial charge in [-0.2, -0.15) is 0 Å². The zero-order valence-corrected chi connectivity index (χ0v) is 6.95. The van der Waals surface area contributed by atoms with E-state index < -0.39 is 18.0 Å². The monoisotopic (exact) mass is 172 g/mol. The van der Waals surface area contributed by atoms with E-state index in [9.17, 15) is 9.59 Å². The summed E-state index contributed by atoms with van der Waals surface area (Å²) in [6.07, 6.45) is 0.347. The van der Waals surface area contributed by atoms with Crippen LogP contribution in [-0.4, -0.2) is 36.1 Å². The maximum absolute atomic E-state index is 11.0. The smallest absolute Gasteiger partial charge is 0.410 e. The van der Waals surface area contributed by atoms with E-state index in [4.69, 9.17) is 5.73 Å². The Morgan fingerprint density at radius 3 is 3.00 bits per heavy atom. The highest BCUT2D eigenvalue weighted by atomic mass is 16.6. The number of nitrogens with two attached hydrogens (primary N) is 1. The van der Waals surface area contributed by atoms with Crippen molar-refractivity contribution < 1.29 is 14.3 Å². The zero-order chi connectivity index (χ0) is 9.14. The van der Waals surface area contributed by atoms with Crippen LogP contribution in [0.5, 0.6) is 0 Å². The fourth-order valence-corrected chi connectivity index (χ4v) is 1.17. The van der Waals surface area contributed by atoms with E-state index in [1.54, 1.807) is 0 Å². The van der Waals surface area contributed by atoms with Crippen LogP contribution in [0.4, 0.5) is 4.79 Å². The number of hydrogen-bond acceptors (Lipinski definition) is 3. The molecule has 1 rings (SSSR count). The van der Waals surface area contributed by atoms with Crippen LogP contribution < -0.4 is 5.73 Å². The molecule has 12 heavy (non-hydrogen) atoms. The molecule has 2 amide bonds. The first-order chi connectivity index (χ1) is 5.66. The lowest BCUT2D eigenvalue weighted by Gasteiger charge is -2.16. The third-order valence-electron chi connectivity index (χ3n) is 1.77. The van der Waals surface area contributed by atoms with Crippen LogP contribution in [-0.2, 0) is 9.53 Å². The SMILES string of the molecule is CCCN1C(=O)OC[C@H]1C(N)=O. The maximum atomic E-state index is 11.0. The van der Waals surface area contributed by atoms with Gasteiger partial charge < -0.3 is 10.5 Å². The van der Waals surface area contributed by atoms with Gasteiger partial charge in [-0.1, -0.05) is 6.92 Å². The van der Waals surface area contributed by atoms with Crippen LogP contribution in [0.3, 0.4) is 0 Å². The molecule has 0 aromatic rings. The van der Waals surface area contributed by atoms with Crippen molar-refractivity contribution in [3.8, 4) is 0 Å². The van der Waals surface area contributed by atoms with Gasteiger partial charge >= 0.3 is 6.09 Å². The largest absolute Gasteiger partial charge is 0.447 e. The van der Waals surface area contributed by atoms with Gasteiger partial charge in [0.15, 0.2) is 0 Å². The molecule has 0 aromatic carbocycles. The molecule has 5 nitrogen and oxygen atoms in total. The van der Waals surface area contributed by atoms with E-state index in [1.807, 2.05) is 6.92 Å². The van der Waals surface area contributed by atoms with Crippen LogP contribution in [0.1, 0.15) is 13.3 Å². The summed E-state index contributed by atoms with van der Waals surface area (Å²) in [5.41, 5.74) is 5.07. The number of cyclic esters (lactones) is 1. The average Bonchev–Trinajstić information content (AvgIpc) is 2.34. The third-order valence-corrected chi connectivity index (χ3v) is 1.77. The summed E-state index contributed by atoms with van der Waals surface area (Å²) in [7, 11) is 0. The molecule has 1 heterocycles. The van der Waals surface area contributed by atoms with Gasteiger partial charge in [0.1, 0.15) is 12.6 Å². The van der Waals surface area contributed by atoms with Gasteiger partial charge in [0.25, 0.3) is 0 Å². The lowest BCUT2D eigenvalue weighted by Crippen LogP contribution is -2.43. The van der Waals surface area contributed by atoms with Gasteiger partial charge in [0.2, 0.25) is 5.91 Å². The summed E-state index contributed by atoms with van der Waals surface area (Å²) >= 11 is 0. The maximum Gasteiger partial charge on any atom is 0.410 e. The lowest BCUT2D eigenvalue weighted by atomic mass is 10.2. The Morgan fingerprint density at radius 2 is 2.50 bits per heavy atom. The van der Waals surface area contributed by atoms with Crippen molar-refractivity contribution in [2.24, 2.45) is 5.73 Å². The fourth-order valence-electron chi connectivity index (χ4n) is 1.17. The zero-order valence-electron chi connectivity index (χ0n) is 6.95. The summed E-state index contributed by atoms with van der Waals surface area (Å²) < 4.78 is 4.68. The summed E-state index contributed by atoms with van der Waals surface area (Å²) in [4.78, 5) is 23.1. The number of amides is 2. The van der Waals surface area contributed by atoms with Crippen LogP contribution in [0.25, 0.3) is 0 Å². The molecule has 0 radical (unpaired) electrons. The molecule has 0 aliphatic carbocycles. The molecule has 1 aliphatic rings. The van der Waals surface area contributed by atoms with Crippen molar-refractivity contribution in [2.45, 2.75) is 19.4 Å². The molecule has 0 bridgehead atoms. The van der Waals surface area contributed by atoms with Gasteiger partial charge in [-0.15, -0.1) is 0 Å². The first-order valence-electron chi connectivity index (χ1n) is 3.89. The number of ether oxygens (including phenoxy) is 1. The number of carbonyl (C=O) groups is 2. The molecule has 0 saturated carbocycles. The summed E-state index contributed by atoms with van der Waals surface area (Å²) in [6, 6.07) is -0.572. The molecule has 1 fully saturated rings. The highest BCUT2D eigenvalue weighted by Crippen LogP contribution is 2.11. The molecule has 1 saturated heterocycles. The van der Waals surface area contributed by atoms with E-state index >= 15 is 0 Å². The highest BCUT2D eigenvalue weighted by Gasteiger charge is 2.35. The molecule has 2 N–H and O–H groups in total. The Kier molecular flexibility index (Phi) is 2.52. The van der Waals surface area contributed by atoms with Crippen molar-refractivity contribution in [1.82, 2.24) is 4.90 Å². The standard InChI is InChI=1S/C7H12N2O3/c1-2-3-9-5(6(8)10)4-12-7(9)11/h5H,2-4H2,1H3,(H2,8,10)/t5-/m0/s1. The molecule has 68 valence electrons. The number of rotatable bonds is 3. The Balaban J connectivity index is 2.63. The van der Waals surface area contributed by atoms with Gasteiger partial charge in [-0.05, 0) is 6.42 Å². The van der Waals surface area contributed by atoms with Crippen molar-refractivity contribution in [2.75, 3.05) is 13.2 Å². The number of hydrogen-bond donors (Lipinski definition) is 1. The second-order valence-corrected chi connectivity index (χ2v) is 2.69. The molecule has 1 aliphatic heterocycles. The van der Waals surface area contributed by atoms with Gasteiger partial charge in [0, 0.05) is 6.54 Å². The van der Waals surface area contributed by atoms with E-state index in [0.29, 0.717) is 6.54 Å². The summed E-state index contributed by atoms with van der Waals surface area (Å²) in [5.74, 6) is -0.505. The second kappa shape index (κ2) is 3.42. The van der Waals surface area contributed by atoms with E-state index in [1.165, 1.54) is 4.90 Å². The van der Waals surface area contributed by atoms with Crippen LogP contribution in [0.15, 0.2) is 0 Å². The first kappa shape index (κ1) is 8.83. The molecule has 0 spiro atoms. The van der Waals surface area contributed by atoms with E-state index in [-0.39, 0.29) is 6.61 Å². The highest BCUT2D eigenvalue weighted by molar-refractivity contribution is 5.86. The van der Waals surface area contributed by atoms with E-state index in [0.717, 1.165) is 6.42 Å². The van der Waals surface area contributed by atoms with Crippen molar-refractivity contribution in [3.05, 3.63) is 0 Å². The van der Waals surface area contributed by atoms with Gasteiger partial charge in [-0.3, -0.25) is 9.69 Å². The van der Waals surface area contributed by atoms with Gasteiger partial charge in [-0.25, -0.2) is 4.79 Å². The topological polar surface area (TPSA) is 72.6 Å². The van der Waals surface area contributed by atoms with E-state index in [2.05, 4.69) is 4.74 Å². The quantitative estimate of drug-likeness (QED) is 0.635. The fraction of sp³-hybridized carbons (Fsp3) is 0.714. The average molecular weight is 172 g/mol. The molecule has 0 aromatic heterocycles.